The highest BCUT2D eigenvalue weighted by atomic mass is 79.9. The van der Waals surface area contributed by atoms with Crippen LogP contribution in [-0.2, 0) is 10.0 Å². The highest BCUT2D eigenvalue weighted by molar-refractivity contribution is 9.10. The van der Waals surface area contributed by atoms with Gasteiger partial charge in [-0.1, -0.05) is 16.5 Å². The monoisotopic (exact) mass is 503 g/mol. The lowest BCUT2D eigenvalue weighted by Gasteiger charge is -2.27. The highest BCUT2D eigenvalue weighted by Gasteiger charge is 2.23. The predicted molar refractivity (Wildman–Crippen MR) is 124 cm³/mol. The molecule has 0 radical (unpaired) electrons. The lowest BCUT2D eigenvalue weighted by Crippen LogP contribution is -2.39. The van der Waals surface area contributed by atoms with E-state index >= 15 is 0 Å². The van der Waals surface area contributed by atoms with E-state index in [0.29, 0.717) is 16.2 Å². The minimum absolute atomic E-state index is 0.00894. The molecule has 2 rings (SSSR count). The van der Waals surface area contributed by atoms with Crippen LogP contribution in [-0.4, -0.2) is 46.8 Å². The first-order valence-corrected chi connectivity index (χ1v) is 12.7. The number of aromatic nitrogens is 2. The van der Waals surface area contributed by atoms with Crippen LogP contribution in [0.3, 0.4) is 0 Å². The van der Waals surface area contributed by atoms with E-state index in [0.717, 1.165) is 10.6 Å². The molecule has 1 heterocycles. The van der Waals surface area contributed by atoms with Crippen LogP contribution in [0.1, 0.15) is 27.7 Å². The zero-order valence-electron chi connectivity index (χ0n) is 16.7. The standard InChI is InChI=1S/C18H26BrN5O3S2/c1-6-29(26,27)24-28(5)14-9-7-13(8-10-14)22-17-20-11-15(19)16(23-17)21-12(2)18(3,4)25/h7-12,24-25H,5-6H2,1-4H3,(H2,20,21,22,23)/t12-,28?/m1/s1. The number of nitrogens with zero attached hydrogens (tertiary/aromatic N) is 2. The molecule has 0 fully saturated rings. The number of aliphatic hydroxyl groups is 1. The maximum absolute atomic E-state index is 11.7. The zero-order chi connectivity index (χ0) is 21.8. The van der Waals surface area contributed by atoms with Crippen molar-refractivity contribution in [3.8, 4) is 0 Å². The summed E-state index contributed by atoms with van der Waals surface area (Å²) in [6.07, 6.45) is 1.62. The quantitative estimate of drug-likeness (QED) is 0.387. The lowest BCUT2D eigenvalue weighted by molar-refractivity contribution is 0.0647. The van der Waals surface area contributed by atoms with E-state index in [1.54, 1.807) is 51.2 Å². The van der Waals surface area contributed by atoms with Crippen LogP contribution < -0.4 is 14.8 Å². The largest absolute Gasteiger partial charge is 0.388 e. The van der Waals surface area contributed by atoms with Crippen molar-refractivity contribution in [2.24, 2.45) is 0 Å². The van der Waals surface area contributed by atoms with Gasteiger partial charge in [-0.15, -0.1) is 0 Å². The summed E-state index contributed by atoms with van der Waals surface area (Å²) in [6.45, 7) is 6.88. The Kier molecular flexibility index (Phi) is 7.80. The first kappa shape index (κ1) is 23.7. The summed E-state index contributed by atoms with van der Waals surface area (Å²) in [5, 5.41) is 16.4. The highest BCUT2D eigenvalue weighted by Crippen LogP contribution is 2.26. The summed E-state index contributed by atoms with van der Waals surface area (Å²) >= 11 is 3.41. The van der Waals surface area contributed by atoms with Gasteiger partial charge in [0.15, 0.2) is 0 Å². The Balaban J connectivity index is 2.12. The molecule has 0 saturated carbocycles. The molecule has 8 nitrogen and oxygen atoms in total. The topological polar surface area (TPSA) is 116 Å². The third kappa shape index (κ3) is 7.03. The number of hydrogen-bond acceptors (Lipinski definition) is 7. The summed E-state index contributed by atoms with van der Waals surface area (Å²) in [7, 11) is -4.19. The van der Waals surface area contributed by atoms with Crippen LogP contribution >= 0.6 is 26.6 Å². The van der Waals surface area contributed by atoms with Crippen LogP contribution in [0.5, 0.6) is 0 Å². The molecule has 0 aliphatic rings. The molecule has 0 amide bonds. The van der Waals surface area contributed by atoms with E-state index in [1.165, 1.54) is 0 Å². The summed E-state index contributed by atoms with van der Waals surface area (Å²) in [5.74, 6) is 4.83. The van der Waals surface area contributed by atoms with E-state index in [4.69, 9.17) is 0 Å². The van der Waals surface area contributed by atoms with Crippen LogP contribution in [0.4, 0.5) is 17.5 Å². The third-order valence-corrected chi connectivity index (χ3v) is 8.16. The SMILES string of the molecule is C=S(NS(=O)(=O)CC)c1ccc(Nc2ncc(Br)c(N[C@H](C)C(C)(C)O)n2)cc1. The Morgan fingerprint density at radius 1 is 1.31 bits per heavy atom. The third-order valence-electron chi connectivity index (χ3n) is 4.16. The zero-order valence-corrected chi connectivity index (χ0v) is 19.9. The first-order valence-electron chi connectivity index (χ1n) is 8.84. The van der Waals surface area contributed by atoms with Gasteiger partial charge in [-0.05, 0) is 67.9 Å². The Labute approximate surface area is 182 Å². The molecule has 29 heavy (non-hydrogen) atoms. The van der Waals surface area contributed by atoms with Crippen molar-refractivity contribution in [1.29, 1.82) is 0 Å². The molecule has 0 aliphatic heterocycles. The molecule has 0 bridgehead atoms. The van der Waals surface area contributed by atoms with E-state index in [9.17, 15) is 13.5 Å². The first-order chi connectivity index (χ1) is 13.4. The Hall–Kier alpha value is -1.53. The number of benzene rings is 1. The Bertz CT molecular complexity index is 976. The average Bonchev–Trinajstić information content (AvgIpc) is 2.64. The molecule has 0 spiro atoms. The molecule has 1 aromatic carbocycles. The van der Waals surface area contributed by atoms with E-state index in [2.05, 4.69) is 46.5 Å². The second-order valence-electron chi connectivity index (χ2n) is 6.94. The van der Waals surface area contributed by atoms with Gasteiger partial charge in [0.05, 0.1) is 21.9 Å². The number of anilines is 3. The molecular weight excluding hydrogens is 478 g/mol. The number of halogens is 1. The molecule has 2 aromatic rings. The van der Waals surface area contributed by atoms with Gasteiger partial charge in [-0.2, -0.15) is 9.11 Å². The second kappa shape index (κ2) is 9.52. The van der Waals surface area contributed by atoms with Crippen molar-refractivity contribution in [1.82, 2.24) is 14.1 Å². The van der Waals surface area contributed by atoms with Crippen LogP contribution in [0.2, 0.25) is 0 Å². The molecule has 11 heteroatoms. The van der Waals surface area contributed by atoms with Gasteiger partial charge in [-0.3, -0.25) is 0 Å². The van der Waals surface area contributed by atoms with Crippen molar-refractivity contribution in [3.05, 3.63) is 34.9 Å². The van der Waals surface area contributed by atoms with E-state index < -0.39 is 26.3 Å². The fourth-order valence-electron chi connectivity index (χ4n) is 2.00. The molecule has 160 valence electrons. The van der Waals surface area contributed by atoms with E-state index in [-0.39, 0.29) is 11.8 Å². The maximum atomic E-state index is 11.7. The number of hydrogen-bond donors (Lipinski definition) is 4. The van der Waals surface area contributed by atoms with Gasteiger partial charge in [0, 0.05) is 16.8 Å². The molecule has 1 unspecified atom stereocenters. The van der Waals surface area contributed by atoms with E-state index in [1.807, 2.05) is 6.92 Å². The minimum atomic E-state index is -3.32. The second-order valence-corrected chi connectivity index (χ2v) is 11.5. The number of rotatable bonds is 9. The maximum Gasteiger partial charge on any atom is 0.229 e. The van der Waals surface area contributed by atoms with Crippen LogP contribution in [0, 0.1) is 0 Å². The summed E-state index contributed by atoms with van der Waals surface area (Å²) < 4.78 is 26.6. The minimum Gasteiger partial charge on any atom is -0.388 e. The number of sulfonamides is 1. The molecule has 0 saturated heterocycles. The van der Waals surface area contributed by atoms with Gasteiger partial charge in [0.1, 0.15) is 5.82 Å². The lowest BCUT2D eigenvalue weighted by atomic mass is 10.0. The van der Waals surface area contributed by atoms with Gasteiger partial charge in [0.2, 0.25) is 16.0 Å². The number of nitrogens with one attached hydrogen (secondary N) is 3. The normalized spacial score (nSPS) is 14.3. The summed E-state index contributed by atoms with van der Waals surface area (Å²) in [4.78, 5) is 9.46. The summed E-state index contributed by atoms with van der Waals surface area (Å²) in [5.41, 5.74) is -0.175. The Morgan fingerprint density at radius 2 is 1.93 bits per heavy atom. The molecule has 0 aliphatic carbocycles. The van der Waals surface area contributed by atoms with Crippen molar-refractivity contribution < 1.29 is 13.5 Å². The molecular formula is C18H26BrN5O3S2. The van der Waals surface area contributed by atoms with Gasteiger partial charge in [0.25, 0.3) is 0 Å². The fraction of sp³-hybridized carbons (Fsp3) is 0.389. The van der Waals surface area contributed by atoms with Crippen molar-refractivity contribution >= 4 is 59.9 Å². The van der Waals surface area contributed by atoms with Gasteiger partial charge >= 0.3 is 0 Å². The molecule has 2 atom stereocenters. The van der Waals surface area contributed by atoms with Crippen molar-refractivity contribution in [2.45, 2.75) is 44.2 Å². The van der Waals surface area contributed by atoms with Gasteiger partial charge in [-0.25, -0.2) is 13.4 Å². The van der Waals surface area contributed by atoms with Crippen LogP contribution in [0.25, 0.3) is 0 Å². The fourth-order valence-corrected chi connectivity index (χ4v) is 4.85. The molecule has 1 aromatic heterocycles. The predicted octanol–water partition coefficient (Wildman–Crippen LogP) is 3.47. The van der Waals surface area contributed by atoms with Crippen LogP contribution in [0.15, 0.2) is 39.8 Å². The molecule has 4 N–H and O–H groups in total. The average molecular weight is 504 g/mol. The smallest absolute Gasteiger partial charge is 0.229 e. The Morgan fingerprint density at radius 3 is 2.48 bits per heavy atom. The van der Waals surface area contributed by atoms with Crippen molar-refractivity contribution in [3.63, 3.8) is 0 Å². The summed E-state index contributed by atoms with van der Waals surface area (Å²) in [6, 6.07) is 6.97. The van der Waals surface area contributed by atoms with Gasteiger partial charge < -0.3 is 15.7 Å². The van der Waals surface area contributed by atoms with Crippen molar-refractivity contribution in [2.75, 3.05) is 16.4 Å².